The van der Waals surface area contributed by atoms with E-state index in [2.05, 4.69) is 23.7 Å². The number of aryl methyl sites for hydroxylation is 2. The molecule has 7 heteroatoms. The van der Waals surface area contributed by atoms with Gasteiger partial charge in [-0.15, -0.1) is 0 Å². The van der Waals surface area contributed by atoms with Crippen molar-refractivity contribution < 1.29 is 14.7 Å². The Morgan fingerprint density at radius 1 is 1.06 bits per heavy atom. The maximum absolute atomic E-state index is 13.3. The number of amides is 1. The molecule has 1 unspecified atom stereocenters. The number of rotatable bonds is 7. The van der Waals surface area contributed by atoms with E-state index in [1.54, 1.807) is 22.4 Å². The number of benzene rings is 1. The molecule has 1 fully saturated rings. The van der Waals surface area contributed by atoms with Gasteiger partial charge in [0.15, 0.2) is 5.76 Å². The summed E-state index contributed by atoms with van der Waals surface area (Å²) in [5.74, 6) is -1.44. The van der Waals surface area contributed by atoms with Crippen molar-refractivity contribution in [2.45, 2.75) is 33.7 Å². The van der Waals surface area contributed by atoms with Gasteiger partial charge in [-0.3, -0.25) is 14.0 Å². The van der Waals surface area contributed by atoms with Crippen LogP contribution in [0.2, 0.25) is 0 Å². The van der Waals surface area contributed by atoms with Crippen LogP contribution >= 0.6 is 0 Å². The molecule has 2 aromatic heterocycles. The highest BCUT2D eigenvalue weighted by molar-refractivity contribution is 6.46. The lowest BCUT2D eigenvalue weighted by Crippen LogP contribution is -2.38. The van der Waals surface area contributed by atoms with Crippen LogP contribution in [0.15, 0.2) is 54.2 Å². The van der Waals surface area contributed by atoms with E-state index in [1.165, 1.54) is 0 Å². The molecule has 3 aromatic rings. The Balaban J connectivity index is 1.87. The molecule has 0 saturated carbocycles. The van der Waals surface area contributed by atoms with E-state index in [-0.39, 0.29) is 11.3 Å². The van der Waals surface area contributed by atoms with Crippen molar-refractivity contribution >= 4 is 23.1 Å². The zero-order valence-electron chi connectivity index (χ0n) is 19.6. The molecule has 0 spiro atoms. The molecule has 0 radical (unpaired) electrons. The number of aromatic nitrogens is 2. The number of hydrogen-bond acceptors (Lipinski definition) is 5. The molecule has 1 saturated heterocycles. The summed E-state index contributed by atoms with van der Waals surface area (Å²) >= 11 is 0. The summed E-state index contributed by atoms with van der Waals surface area (Å²) in [4.78, 5) is 34.8. The van der Waals surface area contributed by atoms with Gasteiger partial charge in [-0.25, -0.2) is 4.98 Å². The SMILES string of the molecule is CCN(CC)CCN1C(=O)C(=O)/C(=C(/O)c2c(C)nc3ccccn23)C1c1ccc(C)cc1. The van der Waals surface area contributed by atoms with Gasteiger partial charge in [0.05, 0.1) is 17.3 Å². The van der Waals surface area contributed by atoms with Crippen LogP contribution in [0.4, 0.5) is 0 Å². The Hall–Kier alpha value is -3.45. The molecular weight excluding hydrogens is 416 g/mol. The van der Waals surface area contributed by atoms with Gasteiger partial charge in [0.25, 0.3) is 11.7 Å². The molecule has 1 aliphatic heterocycles. The van der Waals surface area contributed by atoms with E-state index >= 15 is 0 Å². The maximum Gasteiger partial charge on any atom is 0.295 e. The van der Waals surface area contributed by atoms with Gasteiger partial charge < -0.3 is 14.9 Å². The number of aliphatic hydroxyl groups is 1. The van der Waals surface area contributed by atoms with E-state index < -0.39 is 17.7 Å². The molecule has 0 bridgehead atoms. The first-order valence-corrected chi connectivity index (χ1v) is 11.4. The Morgan fingerprint density at radius 3 is 2.42 bits per heavy atom. The highest BCUT2D eigenvalue weighted by atomic mass is 16.3. The Labute approximate surface area is 194 Å². The first kappa shape index (κ1) is 22.7. The number of Topliss-reactive ketones (excluding diaryl/α,β-unsaturated/α-hetero) is 1. The molecule has 0 aliphatic carbocycles. The molecule has 172 valence electrons. The number of carbonyl (C=O) groups is 2. The van der Waals surface area contributed by atoms with E-state index in [9.17, 15) is 14.7 Å². The summed E-state index contributed by atoms with van der Waals surface area (Å²) in [6.07, 6.45) is 1.79. The van der Waals surface area contributed by atoms with Crippen LogP contribution in [0, 0.1) is 13.8 Å². The van der Waals surface area contributed by atoms with Crippen molar-refractivity contribution in [3.63, 3.8) is 0 Å². The molecule has 1 aliphatic rings. The maximum atomic E-state index is 13.3. The lowest BCUT2D eigenvalue weighted by Gasteiger charge is -2.28. The molecule has 1 amide bonds. The zero-order valence-corrected chi connectivity index (χ0v) is 19.6. The fourth-order valence-electron chi connectivity index (χ4n) is 4.52. The second kappa shape index (κ2) is 9.19. The van der Waals surface area contributed by atoms with Crippen LogP contribution in [-0.4, -0.2) is 62.2 Å². The average molecular weight is 447 g/mol. The first-order valence-electron chi connectivity index (χ1n) is 11.4. The summed E-state index contributed by atoms with van der Waals surface area (Å²) in [6.45, 7) is 10.7. The van der Waals surface area contributed by atoms with Crippen LogP contribution in [0.25, 0.3) is 11.4 Å². The van der Waals surface area contributed by atoms with Crippen LogP contribution < -0.4 is 0 Å². The largest absolute Gasteiger partial charge is 0.505 e. The zero-order chi connectivity index (χ0) is 23.7. The quantitative estimate of drug-likeness (QED) is 0.340. The summed E-state index contributed by atoms with van der Waals surface area (Å²) in [5, 5.41) is 11.5. The lowest BCUT2D eigenvalue weighted by atomic mass is 9.95. The number of likely N-dealkylation sites (tertiary alicyclic amines) is 1. The smallest absolute Gasteiger partial charge is 0.295 e. The highest BCUT2D eigenvalue weighted by Crippen LogP contribution is 2.39. The van der Waals surface area contributed by atoms with Gasteiger partial charge in [-0.1, -0.05) is 49.7 Å². The number of ketones is 1. The first-order chi connectivity index (χ1) is 15.9. The van der Waals surface area contributed by atoms with Crippen molar-refractivity contribution in [3.05, 3.63) is 76.7 Å². The van der Waals surface area contributed by atoms with Crippen LogP contribution in [0.5, 0.6) is 0 Å². The Bertz CT molecular complexity index is 1220. The van der Waals surface area contributed by atoms with E-state index in [0.29, 0.717) is 30.1 Å². The van der Waals surface area contributed by atoms with Gasteiger partial charge in [-0.05, 0) is 44.6 Å². The standard InChI is InChI=1S/C26H30N4O3/c1-5-28(6-2)15-16-30-23(19-12-10-17(3)11-13-19)21(25(32)26(30)33)24(31)22-18(4)27-20-9-7-8-14-29(20)22/h7-14,23,31H,5-6,15-16H2,1-4H3/b24-21+. The number of fused-ring (bicyclic) bond motifs is 1. The minimum Gasteiger partial charge on any atom is -0.505 e. The second-order valence-electron chi connectivity index (χ2n) is 8.40. The third kappa shape index (κ3) is 4.04. The number of likely N-dealkylation sites (N-methyl/N-ethyl adjacent to an activating group) is 1. The summed E-state index contributed by atoms with van der Waals surface area (Å²) in [7, 11) is 0. The average Bonchev–Trinajstić information content (AvgIpc) is 3.28. The molecule has 3 heterocycles. The molecular formula is C26H30N4O3. The number of imidazole rings is 1. The van der Waals surface area contributed by atoms with Crippen LogP contribution in [-0.2, 0) is 9.59 Å². The molecule has 1 aromatic carbocycles. The minimum absolute atomic E-state index is 0.108. The van der Waals surface area contributed by atoms with Crippen LogP contribution in [0.3, 0.4) is 0 Å². The minimum atomic E-state index is -0.664. The fourth-order valence-corrected chi connectivity index (χ4v) is 4.52. The van der Waals surface area contributed by atoms with Crippen LogP contribution in [0.1, 0.15) is 42.4 Å². The predicted octanol–water partition coefficient (Wildman–Crippen LogP) is 3.71. The monoisotopic (exact) mass is 446 g/mol. The van der Waals surface area contributed by atoms with Crippen molar-refractivity contribution in [1.29, 1.82) is 0 Å². The summed E-state index contributed by atoms with van der Waals surface area (Å²) < 4.78 is 1.75. The molecule has 1 atom stereocenters. The Morgan fingerprint density at radius 2 is 1.76 bits per heavy atom. The van der Waals surface area contributed by atoms with Gasteiger partial charge in [-0.2, -0.15) is 0 Å². The number of hydrogen-bond donors (Lipinski definition) is 1. The van der Waals surface area contributed by atoms with Crippen molar-refractivity contribution in [2.75, 3.05) is 26.2 Å². The summed E-state index contributed by atoms with van der Waals surface area (Å²) in [6, 6.07) is 12.6. The number of pyridine rings is 1. The van der Waals surface area contributed by atoms with Gasteiger partial charge >= 0.3 is 0 Å². The molecule has 33 heavy (non-hydrogen) atoms. The van der Waals surface area contributed by atoms with Gasteiger partial charge in [0, 0.05) is 19.3 Å². The van der Waals surface area contributed by atoms with Crippen molar-refractivity contribution in [1.82, 2.24) is 19.2 Å². The van der Waals surface area contributed by atoms with E-state index in [0.717, 1.165) is 24.2 Å². The highest BCUT2D eigenvalue weighted by Gasteiger charge is 2.46. The number of carbonyl (C=O) groups excluding carboxylic acids is 2. The third-order valence-corrected chi connectivity index (χ3v) is 6.41. The third-order valence-electron chi connectivity index (χ3n) is 6.41. The lowest BCUT2D eigenvalue weighted by molar-refractivity contribution is -0.140. The number of nitrogens with zero attached hydrogens (tertiary/aromatic N) is 4. The topological polar surface area (TPSA) is 78.2 Å². The van der Waals surface area contributed by atoms with Crippen molar-refractivity contribution in [2.24, 2.45) is 0 Å². The fraction of sp³-hybridized carbons (Fsp3) is 0.346. The van der Waals surface area contributed by atoms with E-state index in [1.807, 2.05) is 49.4 Å². The number of aliphatic hydroxyl groups excluding tert-OH is 1. The Kier molecular flexibility index (Phi) is 6.33. The predicted molar refractivity (Wildman–Crippen MR) is 128 cm³/mol. The molecule has 4 rings (SSSR count). The normalized spacial score (nSPS) is 18.1. The van der Waals surface area contributed by atoms with E-state index in [4.69, 9.17) is 0 Å². The molecule has 1 N–H and O–H groups in total. The second-order valence-corrected chi connectivity index (χ2v) is 8.40. The van der Waals surface area contributed by atoms with Gasteiger partial charge in [0.2, 0.25) is 0 Å². The van der Waals surface area contributed by atoms with Crippen molar-refractivity contribution in [3.8, 4) is 0 Å². The van der Waals surface area contributed by atoms with Gasteiger partial charge in [0.1, 0.15) is 11.3 Å². The summed E-state index contributed by atoms with van der Waals surface area (Å²) in [5.41, 5.74) is 3.68. The molecule has 7 nitrogen and oxygen atoms in total.